The highest BCUT2D eigenvalue weighted by atomic mass is 79.9. The van der Waals surface area contributed by atoms with Crippen LogP contribution in [0.3, 0.4) is 0 Å². The first kappa shape index (κ1) is 18.8. The van der Waals surface area contributed by atoms with Gasteiger partial charge < -0.3 is 10.1 Å². The Balaban J connectivity index is 1.81. The van der Waals surface area contributed by atoms with E-state index in [9.17, 15) is 14.9 Å². The van der Waals surface area contributed by atoms with Crippen LogP contribution < -0.4 is 5.32 Å². The van der Waals surface area contributed by atoms with Crippen molar-refractivity contribution in [2.24, 2.45) is 5.92 Å². The maximum absolute atomic E-state index is 12.2. The lowest BCUT2D eigenvalue weighted by Crippen LogP contribution is -2.40. The standard InChI is InChI=1S/C16H22BrN3O4/c1-2-24-11-12-5-7-19(8-6-12)10-16(21)18-15-4-3-13(20(22)23)9-14(15)17/h3-4,9,12H,2,5-8,10-11H2,1H3,(H,18,21). The summed E-state index contributed by atoms with van der Waals surface area (Å²) in [6, 6.07) is 4.29. The van der Waals surface area contributed by atoms with E-state index in [1.54, 1.807) is 0 Å². The van der Waals surface area contributed by atoms with E-state index in [0.717, 1.165) is 39.1 Å². The minimum atomic E-state index is -0.469. The van der Waals surface area contributed by atoms with Crippen molar-refractivity contribution in [1.29, 1.82) is 0 Å². The van der Waals surface area contributed by atoms with E-state index in [-0.39, 0.29) is 11.6 Å². The maximum Gasteiger partial charge on any atom is 0.270 e. The van der Waals surface area contributed by atoms with Crippen LogP contribution in [0.15, 0.2) is 22.7 Å². The van der Waals surface area contributed by atoms with Gasteiger partial charge in [0, 0.05) is 29.8 Å². The number of likely N-dealkylation sites (tertiary alicyclic amines) is 1. The van der Waals surface area contributed by atoms with E-state index in [4.69, 9.17) is 4.74 Å². The van der Waals surface area contributed by atoms with Gasteiger partial charge in [-0.2, -0.15) is 0 Å². The van der Waals surface area contributed by atoms with Crippen molar-refractivity contribution in [2.75, 3.05) is 38.2 Å². The lowest BCUT2D eigenvalue weighted by molar-refractivity contribution is -0.384. The number of nitrogens with zero attached hydrogens (tertiary/aromatic N) is 2. The number of anilines is 1. The third kappa shape index (κ3) is 5.54. The smallest absolute Gasteiger partial charge is 0.270 e. The van der Waals surface area contributed by atoms with E-state index in [2.05, 4.69) is 26.1 Å². The van der Waals surface area contributed by atoms with Crippen LogP contribution >= 0.6 is 15.9 Å². The molecule has 1 aromatic rings. The number of rotatable bonds is 7. The molecule has 8 heteroatoms. The Bertz CT molecular complexity index is 589. The SMILES string of the molecule is CCOCC1CCN(CC(=O)Nc2ccc([N+](=O)[O-])cc2Br)CC1. The number of ether oxygens (including phenoxy) is 1. The van der Waals surface area contributed by atoms with Gasteiger partial charge in [0.2, 0.25) is 5.91 Å². The van der Waals surface area contributed by atoms with Gasteiger partial charge in [0.05, 0.1) is 17.2 Å². The molecule has 0 radical (unpaired) electrons. The lowest BCUT2D eigenvalue weighted by Gasteiger charge is -2.31. The number of nitro groups is 1. The number of nitro benzene ring substituents is 1. The molecule has 7 nitrogen and oxygen atoms in total. The number of hydrogen-bond donors (Lipinski definition) is 1. The van der Waals surface area contributed by atoms with Gasteiger partial charge in [-0.1, -0.05) is 0 Å². The van der Waals surface area contributed by atoms with Crippen molar-refractivity contribution in [3.8, 4) is 0 Å². The van der Waals surface area contributed by atoms with Gasteiger partial charge in [-0.3, -0.25) is 19.8 Å². The molecule has 1 fully saturated rings. The van der Waals surface area contributed by atoms with E-state index in [1.165, 1.54) is 18.2 Å². The highest BCUT2D eigenvalue weighted by Crippen LogP contribution is 2.27. The van der Waals surface area contributed by atoms with Gasteiger partial charge in [0.15, 0.2) is 0 Å². The van der Waals surface area contributed by atoms with E-state index < -0.39 is 4.92 Å². The number of nitrogens with one attached hydrogen (secondary N) is 1. The molecule has 0 unspecified atom stereocenters. The fraction of sp³-hybridized carbons (Fsp3) is 0.562. The quantitative estimate of drug-likeness (QED) is 0.562. The minimum absolute atomic E-state index is 0.0174. The zero-order valence-electron chi connectivity index (χ0n) is 13.7. The number of carbonyl (C=O) groups excluding carboxylic acids is 1. The molecule has 0 spiro atoms. The van der Waals surface area contributed by atoms with Crippen molar-refractivity contribution in [2.45, 2.75) is 19.8 Å². The first-order valence-electron chi connectivity index (χ1n) is 8.03. The second kappa shape index (κ2) is 9.10. The van der Waals surface area contributed by atoms with Crippen LogP contribution in [-0.2, 0) is 9.53 Å². The van der Waals surface area contributed by atoms with Gasteiger partial charge in [-0.05, 0) is 60.8 Å². The third-order valence-corrected chi connectivity index (χ3v) is 4.73. The summed E-state index contributed by atoms with van der Waals surface area (Å²) in [6.45, 7) is 5.62. The van der Waals surface area contributed by atoms with Crippen molar-refractivity contribution >= 4 is 33.2 Å². The zero-order chi connectivity index (χ0) is 17.5. The Morgan fingerprint density at radius 3 is 2.75 bits per heavy atom. The molecule has 0 saturated carbocycles. The number of non-ortho nitro benzene ring substituents is 1. The van der Waals surface area contributed by atoms with Crippen molar-refractivity contribution in [3.63, 3.8) is 0 Å². The topological polar surface area (TPSA) is 84.7 Å². The monoisotopic (exact) mass is 399 g/mol. The minimum Gasteiger partial charge on any atom is -0.381 e. The predicted octanol–water partition coefficient (Wildman–Crippen LogP) is 3.04. The summed E-state index contributed by atoms with van der Waals surface area (Å²) in [5, 5.41) is 13.5. The van der Waals surface area contributed by atoms with Crippen molar-refractivity contribution < 1.29 is 14.5 Å². The van der Waals surface area contributed by atoms with Crippen LogP contribution in [0.5, 0.6) is 0 Å². The van der Waals surface area contributed by atoms with Crippen LogP contribution in [0.25, 0.3) is 0 Å². The fourth-order valence-corrected chi connectivity index (χ4v) is 3.17. The normalized spacial score (nSPS) is 16.1. The molecule has 1 saturated heterocycles. The van der Waals surface area contributed by atoms with E-state index in [1.807, 2.05) is 6.92 Å². The largest absolute Gasteiger partial charge is 0.381 e. The Hall–Kier alpha value is -1.51. The molecule has 1 amide bonds. The number of halogens is 1. The van der Waals surface area contributed by atoms with Crippen molar-refractivity contribution in [3.05, 3.63) is 32.8 Å². The van der Waals surface area contributed by atoms with E-state index >= 15 is 0 Å². The van der Waals surface area contributed by atoms with Crippen LogP contribution in [0.1, 0.15) is 19.8 Å². The average molecular weight is 400 g/mol. The van der Waals surface area contributed by atoms with E-state index in [0.29, 0.717) is 22.6 Å². The Labute approximate surface area is 149 Å². The van der Waals surface area contributed by atoms with Crippen LogP contribution in [-0.4, -0.2) is 48.6 Å². The summed E-state index contributed by atoms with van der Waals surface area (Å²) in [4.78, 5) is 24.5. The molecule has 0 bridgehead atoms. The molecule has 0 aliphatic carbocycles. The Morgan fingerprint density at radius 1 is 1.46 bits per heavy atom. The molecule has 24 heavy (non-hydrogen) atoms. The first-order chi connectivity index (χ1) is 11.5. The number of carbonyl (C=O) groups is 1. The molecule has 2 rings (SSSR count). The lowest BCUT2D eigenvalue weighted by atomic mass is 9.98. The van der Waals surface area contributed by atoms with Gasteiger partial charge in [-0.15, -0.1) is 0 Å². The third-order valence-electron chi connectivity index (χ3n) is 4.07. The summed E-state index contributed by atoms with van der Waals surface area (Å²) < 4.78 is 5.96. The molecule has 1 N–H and O–H groups in total. The molecular weight excluding hydrogens is 378 g/mol. The predicted molar refractivity (Wildman–Crippen MR) is 95.1 cm³/mol. The number of benzene rings is 1. The molecule has 1 aliphatic heterocycles. The summed E-state index contributed by atoms with van der Waals surface area (Å²) in [6.07, 6.45) is 2.07. The molecule has 132 valence electrons. The first-order valence-corrected chi connectivity index (χ1v) is 8.82. The number of piperidine rings is 1. The van der Waals surface area contributed by atoms with Gasteiger partial charge in [-0.25, -0.2) is 0 Å². The molecule has 1 aromatic carbocycles. The average Bonchev–Trinajstić information content (AvgIpc) is 2.56. The summed E-state index contributed by atoms with van der Waals surface area (Å²) in [5.74, 6) is 0.459. The van der Waals surface area contributed by atoms with Gasteiger partial charge in [0.25, 0.3) is 5.69 Å². The maximum atomic E-state index is 12.2. The summed E-state index contributed by atoms with van der Waals surface area (Å²) in [7, 11) is 0. The highest BCUT2D eigenvalue weighted by Gasteiger charge is 2.21. The number of hydrogen-bond acceptors (Lipinski definition) is 5. The molecule has 1 heterocycles. The molecule has 0 atom stereocenters. The summed E-state index contributed by atoms with van der Waals surface area (Å²) in [5.41, 5.74) is 0.521. The summed E-state index contributed by atoms with van der Waals surface area (Å²) >= 11 is 3.25. The molecule has 1 aliphatic rings. The molecule has 0 aromatic heterocycles. The van der Waals surface area contributed by atoms with Crippen LogP contribution in [0.4, 0.5) is 11.4 Å². The molecular formula is C16H22BrN3O4. The van der Waals surface area contributed by atoms with Gasteiger partial charge in [0.1, 0.15) is 0 Å². The van der Waals surface area contributed by atoms with Crippen LogP contribution in [0.2, 0.25) is 0 Å². The van der Waals surface area contributed by atoms with Crippen LogP contribution in [0, 0.1) is 16.0 Å². The van der Waals surface area contributed by atoms with Gasteiger partial charge >= 0.3 is 0 Å². The highest BCUT2D eigenvalue weighted by molar-refractivity contribution is 9.10. The Kier molecular flexibility index (Phi) is 7.14. The Morgan fingerprint density at radius 2 is 2.17 bits per heavy atom. The second-order valence-electron chi connectivity index (χ2n) is 5.85. The van der Waals surface area contributed by atoms with Crippen molar-refractivity contribution in [1.82, 2.24) is 4.90 Å². The number of amides is 1. The second-order valence-corrected chi connectivity index (χ2v) is 6.70. The zero-order valence-corrected chi connectivity index (χ0v) is 15.3. The fourth-order valence-electron chi connectivity index (χ4n) is 2.71.